The molecule has 2 heteroatoms. The van der Waals surface area contributed by atoms with E-state index in [0.29, 0.717) is 6.04 Å². The van der Waals surface area contributed by atoms with Crippen molar-refractivity contribution >= 4 is 0 Å². The molecule has 0 rings (SSSR count). The molecule has 0 aliphatic heterocycles. The lowest BCUT2D eigenvalue weighted by Crippen LogP contribution is -2.31. The molecule has 2 unspecified atom stereocenters. The summed E-state index contributed by atoms with van der Waals surface area (Å²) in [5.41, 5.74) is 5.45. The van der Waals surface area contributed by atoms with Gasteiger partial charge in [0.25, 0.3) is 0 Å². The maximum Gasteiger partial charge on any atom is 0.00508 e. The largest absolute Gasteiger partial charge is 0.330 e. The second kappa shape index (κ2) is 7.56. The van der Waals surface area contributed by atoms with Gasteiger partial charge in [-0.25, -0.2) is 0 Å². The van der Waals surface area contributed by atoms with Crippen molar-refractivity contribution in [3.8, 4) is 0 Å². The summed E-state index contributed by atoms with van der Waals surface area (Å²) in [4.78, 5) is 0. The maximum absolute atomic E-state index is 5.45. The highest BCUT2D eigenvalue weighted by atomic mass is 14.9. The van der Waals surface area contributed by atoms with Crippen LogP contribution in [0.2, 0.25) is 0 Å². The zero-order chi connectivity index (χ0) is 9.40. The predicted octanol–water partition coefficient (Wildman–Crippen LogP) is 1.75. The molecule has 12 heavy (non-hydrogen) atoms. The lowest BCUT2D eigenvalue weighted by molar-refractivity contribution is 0.428. The Morgan fingerprint density at radius 1 is 1.25 bits per heavy atom. The van der Waals surface area contributed by atoms with Crippen LogP contribution < -0.4 is 11.1 Å². The molecule has 0 spiro atoms. The molecule has 0 saturated heterocycles. The number of nitrogens with one attached hydrogen (secondary N) is 1. The van der Waals surface area contributed by atoms with Gasteiger partial charge in [-0.3, -0.25) is 0 Å². The third-order valence-electron chi connectivity index (χ3n) is 2.20. The summed E-state index contributed by atoms with van der Waals surface area (Å²) in [5.74, 6) is 0.801. The van der Waals surface area contributed by atoms with Crippen LogP contribution in [-0.4, -0.2) is 19.1 Å². The fourth-order valence-electron chi connectivity index (χ4n) is 1.35. The Labute approximate surface area is 76.9 Å². The Bertz CT molecular complexity index is 81.8. The van der Waals surface area contributed by atoms with E-state index in [2.05, 4.69) is 26.1 Å². The Kier molecular flexibility index (Phi) is 7.51. The zero-order valence-corrected chi connectivity index (χ0v) is 8.77. The van der Waals surface area contributed by atoms with Crippen molar-refractivity contribution in [3.63, 3.8) is 0 Å². The molecule has 74 valence electrons. The topological polar surface area (TPSA) is 38.0 Å². The summed E-state index contributed by atoms with van der Waals surface area (Å²) in [6.45, 7) is 8.66. The average molecular weight is 172 g/mol. The van der Waals surface area contributed by atoms with Crippen LogP contribution in [0.15, 0.2) is 0 Å². The molecule has 0 aromatic rings. The van der Waals surface area contributed by atoms with Gasteiger partial charge in [0.05, 0.1) is 0 Å². The molecular formula is C10H24N2. The highest BCUT2D eigenvalue weighted by Crippen LogP contribution is 2.03. The monoisotopic (exact) mass is 172 g/mol. The van der Waals surface area contributed by atoms with Crippen LogP contribution in [0, 0.1) is 5.92 Å². The van der Waals surface area contributed by atoms with Gasteiger partial charge in [0.15, 0.2) is 0 Å². The van der Waals surface area contributed by atoms with Gasteiger partial charge in [0, 0.05) is 6.04 Å². The second-order valence-electron chi connectivity index (χ2n) is 3.78. The van der Waals surface area contributed by atoms with Crippen molar-refractivity contribution in [2.75, 3.05) is 13.1 Å². The smallest absolute Gasteiger partial charge is 0.00508 e. The van der Waals surface area contributed by atoms with Gasteiger partial charge in [-0.05, 0) is 38.8 Å². The molecule has 0 aliphatic rings. The van der Waals surface area contributed by atoms with E-state index in [4.69, 9.17) is 5.73 Å². The number of hydrogen-bond donors (Lipinski definition) is 2. The van der Waals surface area contributed by atoms with Gasteiger partial charge in [-0.15, -0.1) is 0 Å². The Morgan fingerprint density at radius 2 is 1.92 bits per heavy atom. The van der Waals surface area contributed by atoms with Gasteiger partial charge < -0.3 is 11.1 Å². The standard InChI is InChI=1S/C10H24N2/c1-4-5-9(2)8-12-10(3)6-7-11/h9-10,12H,4-8,11H2,1-3H3. The number of nitrogens with two attached hydrogens (primary N) is 1. The van der Waals surface area contributed by atoms with Crippen LogP contribution in [0.4, 0.5) is 0 Å². The van der Waals surface area contributed by atoms with Crippen molar-refractivity contribution in [3.05, 3.63) is 0 Å². The molecule has 0 fully saturated rings. The average Bonchev–Trinajstić information content (AvgIpc) is 2.02. The molecule has 0 heterocycles. The number of rotatable bonds is 7. The van der Waals surface area contributed by atoms with Crippen molar-refractivity contribution < 1.29 is 0 Å². The van der Waals surface area contributed by atoms with Crippen LogP contribution >= 0.6 is 0 Å². The minimum atomic E-state index is 0.578. The van der Waals surface area contributed by atoms with Gasteiger partial charge in [-0.1, -0.05) is 20.3 Å². The first-order chi connectivity index (χ1) is 5.70. The van der Waals surface area contributed by atoms with Gasteiger partial charge >= 0.3 is 0 Å². The first-order valence-electron chi connectivity index (χ1n) is 5.14. The van der Waals surface area contributed by atoms with Crippen molar-refractivity contribution in [2.45, 2.75) is 46.1 Å². The van der Waals surface area contributed by atoms with E-state index in [9.17, 15) is 0 Å². The van der Waals surface area contributed by atoms with E-state index in [1.54, 1.807) is 0 Å². The van der Waals surface area contributed by atoms with E-state index in [1.807, 2.05) is 0 Å². The minimum Gasteiger partial charge on any atom is -0.330 e. The molecular weight excluding hydrogens is 148 g/mol. The minimum absolute atomic E-state index is 0.578. The summed E-state index contributed by atoms with van der Waals surface area (Å²) in [6.07, 6.45) is 3.69. The maximum atomic E-state index is 5.45. The van der Waals surface area contributed by atoms with E-state index in [1.165, 1.54) is 12.8 Å². The Balaban J connectivity index is 3.27. The molecule has 0 aliphatic carbocycles. The van der Waals surface area contributed by atoms with Crippen LogP contribution in [0.1, 0.15) is 40.0 Å². The summed E-state index contributed by atoms with van der Waals surface area (Å²) in [7, 11) is 0. The molecule has 0 amide bonds. The second-order valence-corrected chi connectivity index (χ2v) is 3.78. The van der Waals surface area contributed by atoms with Gasteiger partial charge in [0.2, 0.25) is 0 Å². The summed E-state index contributed by atoms with van der Waals surface area (Å²) >= 11 is 0. The van der Waals surface area contributed by atoms with E-state index >= 15 is 0 Å². The first-order valence-corrected chi connectivity index (χ1v) is 5.14. The summed E-state index contributed by atoms with van der Waals surface area (Å²) in [5, 5.41) is 3.49. The van der Waals surface area contributed by atoms with Crippen LogP contribution in [-0.2, 0) is 0 Å². The predicted molar refractivity (Wildman–Crippen MR) is 55.2 cm³/mol. The lowest BCUT2D eigenvalue weighted by atomic mass is 10.1. The fraction of sp³-hybridized carbons (Fsp3) is 1.00. The summed E-state index contributed by atoms with van der Waals surface area (Å²) < 4.78 is 0. The van der Waals surface area contributed by atoms with Crippen molar-refractivity contribution in [1.29, 1.82) is 0 Å². The fourth-order valence-corrected chi connectivity index (χ4v) is 1.35. The lowest BCUT2D eigenvalue weighted by Gasteiger charge is -2.16. The normalized spacial score (nSPS) is 16.0. The molecule has 3 N–H and O–H groups in total. The summed E-state index contributed by atoms with van der Waals surface area (Å²) in [6, 6.07) is 0.578. The van der Waals surface area contributed by atoms with Crippen LogP contribution in [0.25, 0.3) is 0 Å². The highest BCUT2D eigenvalue weighted by molar-refractivity contribution is 4.63. The van der Waals surface area contributed by atoms with Crippen LogP contribution in [0.3, 0.4) is 0 Å². The third kappa shape index (κ3) is 6.62. The number of hydrogen-bond acceptors (Lipinski definition) is 2. The molecule has 0 aromatic carbocycles. The van der Waals surface area contributed by atoms with Crippen molar-refractivity contribution in [1.82, 2.24) is 5.32 Å². The molecule has 0 bridgehead atoms. The zero-order valence-electron chi connectivity index (χ0n) is 8.77. The molecule has 0 radical (unpaired) electrons. The highest BCUT2D eigenvalue weighted by Gasteiger charge is 2.03. The van der Waals surface area contributed by atoms with E-state index in [0.717, 1.165) is 25.4 Å². The molecule has 2 atom stereocenters. The van der Waals surface area contributed by atoms with Crippen LogP contribution in [0.5, 0.6) is 0 Å². The van der Waals surface area contributed by atoms with Crippen molar-refractivity contribution in [2.24, 2.45) is 11.7 Å². The van der Waals surface area contributed by atoms with Gasteiger partial charge in [-0.2, -0.15) is 0 Å². The Morgan fingerprint density at radius 3 is 2.42 bits per heavy atom. The van der Waals surface area contributed by atoms with Gasteiger partial charge in [0.1, 0.15) is 0 Å². The molecule has 2 nitrogen and oxygen atoms in total. The molecule has 0 aromatic heterocycles. The molecule has 0 saturated carbocycles. The quantitative estimate of drug-likeness (QED) is 0.614. The third-order valence-corrected chi connectivity index (χ3v) is 2.20. The Hall–Kier alpha value is -0.0800. The van der Waals surface area contributed by atoms with E-state index in [-0.39, 0.29) is 0 Å². The SMILES string of the molecule is CCCC(C)CNC(C)CCN. The van der Waals surface area contributed by atoms with E-state index < -0.39 is 0 Å². The first kappa shape index (κ1) is 11.9.